The van der Waals surface area contributed by atoms with Crippen LogP contribution in [0.4, 0.5) is 21.5 Å². The second-order valence-electron chi connectivity index (χ2n) is 4.16. The summed E-state index contributed by atoms with van der Waals surface area (Å²) in [5.41, 5.74) is 7.51. The van der Waals surface area contributed by atoms with E-state index in [4.69, 9.17) is 10.5 Å². The summed E-state index contributed by atoms with van der Waals surface area (Å²) in [6.07, 6.45) is 0. The molecular weight excluding hydrogens is 259 g/mol. The Morgan fingerprint density at radius 3 is 2.80 bits per heavy atom. The van der Waals surface area contributed by atoms with Crippen LogP contribution in [0, 0.1) is 5.82 Å². The Bertz CT molecular complexity index is 629. The molecule has 0 radical (unpaired) electrons. The van der Waals surface area contributed by atoms with Gasteiger partial charge in [-0.2, -0.15) is 0 Å². The predicted octanol–water partition coefficient (Wildman–Crippen LogP) is 3.33. The van der Waals surface area contributed by atoms with E-state index in [2.05, 4.69) is 5.32 Å². The Morgan fingerprint density at radius 2 is 2.10 bits per heavy atom. The van der Waals surface area contributed by atoms with Crippen LogP contribution in [0.3, 0.4) is 0 Å². The number of anilines is 3. The van der Waals surface area contributed by atoms with E-state index in [0.717, 1.165) is 0 Å². The summed E-state index contributed by atoms with van der Waals surface area (Å²) in [6.45, 7) is 2.00. The molecule has 2 aromatic carbocycles. The average molecular weight is 274 g/mol. The lowest BCUT2D eigenvalue weighted by Crippen LogP contribution is -2.08. The topological polar surface area (TPSA) is 64.3 Å². The van der Waals surface area contributed by atoms with Gasteiger partial charge in [-0.05, 0) is 43.3 Å². The molecule has 0 saturated carbocycles. The van der Waals surface area contributed by atoms with Crippen molar-refractivity contribution in [3.63, 3.8) is 0 Å². The first kappa shape index (κ1) is 13.9. The smallest absolute Gasteiger partial charge is 0.340 e. The lowest BCUT2D eigenvalue weighted by atomic mass is 10.1. The van der Waals surface area contributed by atoms with Crippen molar-refractivity contribution in [1.29, 1.82) is 0 Å². The summed E-state index contributed by atoms with van der Waals surface area (Å²) in [5, 5.41) is 2.98. The summed E-state index contributed by atoms with van der Waals surface area (Å²) in [7, 11) is 0. The fraction of sp³-hybridized carbons (Fsp3) is 0.133. The van der Waals surface area contributed by atoms with E-state index in [1.54, 1.807) is 31.2 Å². The maximum atomic E-state index is 13.2. The standard InChI is InChI=1S/C15H15FN2O2/c1-2-20-15(19)13-9-11(17)6-7-14(13)18-12-5-3-4-10(16)8-12/h3-9,18H,2,17H2,1H3. The van der Waals surface area contributed by atoms with Gasteiger partial charge in [0.15, 0.2) is 0 Å². The summed E-state index contributed by atoms with van der Waals surface area (Å²) in [4.78, 5) is 11.9. The van der Waals surface area contributed by atoms with Gasteiger partial charge in [0.05, 0.1) is 17.9 Å². The molecule has 0 aromatic heterocycles. The quantitative estimate of drug-likeness (QED) is 0.663. The molecule has 0 aliphatic carbocycles. The third-order valence-corrected chi connectivity index (χ3v) is 2.64. The molecule has 0 fully saturated rings. The molecule has 0 amide bonds. The van der Waals surface area contributed by atoms with Crippen molar-refractivity contribution in [1.82, 2.24) is 0 Å². The summed E-state index contributed by atoms with van der Waals surface area (Å²) in [5.74, 6) is -0.832. The second-order valence-corrected chi connectivity index (χ2v) is 4.16. The number of nitrogens with two attached hydrogens (primary N) is 1. The van der Waals surface area contributed by atoms with Crippen LogP contribution >= 0.6 is 0 Å². The predicted molar refractivity (Wildman–Crippen MR) is 76.5 cm³/mol. The molecule has 104 valence electrons. The van der Waals surface area contributed by atoms with Crippen LogP contribution < -0.4 is 11.1 Å². The first-order valence-corrected chi connectivity index (χ1v) is 6.19. The minimum absolute atomic E-state index is 0.271. The Kier molecular flexibility index (Phi) is 4.20. The lowest BCUT2D eigenvalue weighted by molar-refractivity contribution is 0.0527. The molecule has 0 unspecified atom stereocenters. The highest BCUT2D eigenvalue weighted by atomic mass is 19.1. The molecule has 0 bridgehead atoms. The fourth-order valence-corrected chi connectivity index (χ4v) is 1.77. The Hall–Kier alpha value is -2.56. The molecule has 2 aromatic rings. The van der Waals surface area contributed by atoms with Crippen molar-refractivity contribution in [3.05, 3.63) is 53.8 Å². The second kappa shape index (κ2) is 6.06. The molecule has 0 aliphatic heterocycles. The number of carbonyl (C=O) groups excluding carboxylic acids is 1. The summed E-state index contributed by atoms with van der Waals surface area (Å²) in [6, 6.07) is 10.8. The van der Waals surface area contributed by atoms with Crippen molar-refractivity contribution < 1.29 is 13.9 Å². The molecule has 0 saturated heterocycles. The van der Waals surface area contributed by atoms with Crippen molar-refractivity contribution in [2.75, 3.05) is 17.7 Å². The van der Waals surface area contributed by atoms with E-state index in [-0.39, 0.29) is 12.4 Å². The molecule has 0 spiro atoms. The lowest BCUT2D eigenvalue weighted by Gasteiger charge is -2.12. The number of halogens is 1. The van der Waals surface area contributed by atoms with Crippen molar-refractivity contribution >= 4 is 23.0 Å². The van der Waals surface area contributed by atoms with Gasteiger partial charge in [0.25, 0.3) is 0 Å². The number of nitrogens with one attached hydrogen (secondary N) is 1. The Morgan fingerprint density at radius 1 is 1.30 bits per heavy atom. The van der Waals surface area contributed by atoms with E-state index >= 15 is 0 Å². The van der Waals surface area contributed by atoms with Gasteiger partial charge in [-0.3, -0.25) is 0 Å². The van der Waals surface area contributed by atoms with Crippen LogP contribution in [-0.4, -0.2) is 12.6 Å². The number of nitrogen functional groups attached to an aromatic ring is 1. The van der Waals surface area contributed by atoms with Crippen LogP contribution in [0.5, 0.6) is 0 Å². The van der Waals surface area contributed by atoms with Crippen LogP contribution in [-0.2, 0) is 4.74 Å². The van der Waals surface area contributed by atoms with Crippen molar-refractivity contribution in [3.8, 4) is 0 Å². The van der Waals surface area contributed by atoms with E-state index in [1.165, 1.54) is 18.2 Å². The van der Waals surface area contributed by atoms with E-state index in [0.29, 0.717) is 22.6 Å². The molecule has 0 heterocycles. The number of rotatable bonds is 4. The highest BCUT2D eigenvalue weighted by molar-refractivity contribution is 5.97. The molecule has 3 N–H and O–H groups in total. The maximum absolute atomic E-state index is 13.2. The van der Waals surface area contributed by atoms with Gasteiger partial charge in [0.2, 0.25) is 0 Å². The number of ether oxygens (including phenoxy) is 1. The third kappa shape index (κ3) is 3.26. The third-order valence-electron chi connectivity index (χ3n) is 2.64. The van der Waals surface area contributed by atoms with E-state index < -0.39 is 5.97 Å². The van der Waals surface area contributed by atoms with Gasteiger partial charge < -0.3 is 15.8 Å². The summed E-state index contributed by atoms with van der Waals surface area (Å²) >= 11 is 0. The SMILES string of the molecule is CCOC(=O)c1cc(N)ccc1Nc1cccc(F)c1. The van der Waals surface area contributed by atoms with Gasteiger partial charge in [0, 0.05) is 11.4 Å². The minimum atomic E-state index is -0.473. The average Bonchev–Trinajstić information content (AvgIpc) is 2.41. The molecule has 5 heteroatoms. The van der Waals surface area contributed by atoms with E-state index in [1.807, 2.05) is 0 Å². The Balaban J connectivity index is 2.33. The van der Waals surface area contributed by atoms with Crippen molar-refractivity contribution in [2.24, 2.45) is 0 Å². The van der Waals surface area contributed by atoms with Gasteiger partial charge in [-0.25, -0.2) is 9.18 Å². The van der Waals surface area contributed by atoms with Crippen LogP contribution in [0.2, 0.25) is 0 Å². The largest absolute Gasteiger partial charge is 0.462 e. The zero-order valence-electron chi connectivity index (χ0n) is 11.0. The van der Waals surface area contributed by atoms with E-state index in [9.17, 15) is 9.18 Å². The zero-order chi connectivity index (χ0) is 14.5. The molecule has 2 rings (SSSR count). The normalized spacial score (nSPS) is 10.1. The number of carbonyl (C=O) groups is 1. The monoisotopic (exact) mass is 274 g/mol. The van der Waals surface area contributed by atoms with Gasteiger partial charge in [0.1, 0.15) is 5.82 Å². The molecule has 0 atom stereocenters. The summed E-state index contributed by atoms with van der Waals surface area (Å²) < 4.78 is 18.1. The number of hydrogen-bond acceptors (Lipinski definition) is 4. The van der Waals surface area contributed by atoms with Crippen LogP contribution in [0.25, 0.3) is 0 Å². The first-order valence-electron chi connectivity index (χ1n) is 6.19. The van der Waals surface area contributed by atoms with Gasteiger partial charge in [-0.15, -0.1) is 0 Å². The van der Waals surface area contributed by atoms with Crippen LogP contribution in [0.15, 0.2) is 42.5 Å². The zero-order valence-corrected chi connectivity index (χ0v) is 11.0. The van der Waals surface area contributed by atoms with Gasteiger partial charge in [-0.1, -0.05) is 6.07 Å². The first-order chi connectivity index (χ1) is 9.60. The van der Waals surface area contributed by atoms with Crippen LogP contribution in [0.1, 0.15) is 17.3 Å². The number of esters is 1. The minimum Gasteiger partial charge on any atom is -0.462 e. The highest BCUT2D eigenvalue weighted by Crippen LogP contribution is 2.24. The molecule has 0 aliphatic rings. The maximum Gasteiger partial charge on any atom is 0.340 e. The highest BCUT2D eigenvalue weighted by Gasteiger charge is 2.13. The number of hydrogen-bond donors (Lipinski definition) is 2. The molecular formula is C15H15FN2O2. The van der Waals surface area contributed by atoms with Gasteiger partial charge >= 0.3 is 5.97 Å². The molecule has 20 heavy (non-hydrogen) atoms. The Labute approximate surface area is 116 Å². The number of benzene rings is 2. The fourth-order valence-electron chi connectivity index (χ4n) is 1.77. The molecule has 4 nitrogen and oxygen atoms in total. The van der Waals surface area contributed by atoms with Crippen molar-refractivity contribution in [2.45, 2.75) is 6.92 Å².